The summed E-state index contributed by atoms with van der Waals surface area (Å²) in [7, 11) is 0. The lowest BCUT2D eigenvalue weighted by Gasteiger charge is -2.08. The molecule has 1 heterocycles. The van der Waals surface area contributed by atoms with Crippen molar-refractivity contribution in [2.24, 2.45) is 0 Å². The third-order valence-electron chi connectivity index (χ3n) is 3.44. The van der Waals surface area contributed by atoms with Gasteiger partial charge < -0.3 is 10.1 Å². The molecule has 1 N–H and O–H groups in total. The van der Waals surface area contributed by atoms with E-state index in [1.54, 1.807) is 0 Å². The molecule has 1 aliphatic heterocycles. The van der Waals surface area contributed by atoms with E-state index in [0.29, 0.717) is 19.4 Å². The van der Waals surface area contributed by atoms with E-state index in [1.165, 1.54) is 19.3 Å². The van der Waals surface area contributed by atoms with Gasteiger partial charge >= 0.3 is 5.97 Å². The Morgan fingerprint density at radius 1 is 1.20 bits per heavy atom. The Labute approximate surface area is 120 Å². The van der Waals surface area contributed by atoms with Gasteiger partial charge in [-0.3, -0.25) is 9.59 Å². The van der Waals surface area contributed by atoms with Crippen LogP contribution < -0.4 is 5.32 Å². The van der Waals surface area contributed by atoms with Gasteiger partial charge in [0.15, 0.2) is 0 Å². The van der Waals surface area contributed by atoms with E-state index in [-0.39, 0.29) is 18.1 Å². The normalized spacial score (nSPS) is 17.9. The Morgan fingerprint density at radius 2 is 1.90 bits per heavy atom. The smallest absolute Gasteiger partial charge is 0.328 e. The Hall–Kier alpha value is -1.39. The molecule has 114 valence electrons. The van der Waals surface area contributed by atoms with E-state index < -0.39 is 12.0 Å². The average molecular weight is 283 g/mol. The van der Waals surface area contributed by atoms with E-state index in [0.717, 1.165) is 19.3 Å². The van der Waals surface area contributed by atoms with Crippen molar-refractivity contribution in [2.75, 3.05) is 6.61 Å². The highest BCUT2D eigenvalue weighted by Gasteiger charge is 2.28. The molecule has 0 aromatic carbocycles. The van der Waals surface area contributed by atoms with Gasteiger partial charge in [-0.2, -0.15) is 0 Å². The number of cyclic esters (lactones) is 1. The Bertz CT molecular complexity index is 341. The number of ether oxygens (including phenoxy) is 1. The van der Waals surface area contributed by atoms with Gasteiger partial charge in [0.05, 0.1) is 13.0 Å². The van der Waals surface area contributed by atoms with E-state index in [4.69, 9.17) is 4.74 Å². The van der Waals surface area contributed by atoms with Gasteiger partial charge in [-0.1, -0.05) is 39.0 Å². The largest absolute Gasteiger partial charge is 0.464 e. The molecule has 1 atom stereocenters. The molecule has 0 aliphatic carbocycles. The number of Topliss-reactive ketones (excluding diaryl/α,β-unsaturated/α-hetero) is 1. The van der Waals surface area contributed by atoms with Crippen molar-refractivity contribution in [1.29, 1.82) is 0 Å². The first-order valence-corrected chi connectivity index (χ1v) is 7.61. The van der Waals surface area contributed by atoms with Crippen LogP contribution >= 0.6 is 0 Å². The van der Waals surface area contributed by atoms with Crippen molar-refractivity contribution < 1.29 is 19.1 Å². The number of unbranched alkanes of at least 4 members (excludes halogenated alkanes) is 5. The van der Waals surface area contributed by atoms with Crippen LogP contribution in [0.4, 0.5) is 0 Å². The maximum absolute atomic E-state index is 11.6. The molecule has 1 fully saturated rings. The number of carbonyl (C=O) groups excluding carboxylic acids is 3. The van der Waals surface area contributed by atoms with Crippen molar-refractivity contribution in [3.63, 3.8) is 0 Å². The highest BCUT2D eigenvalue weighted by molar-refractivity contribution is 5.99. The van der Waals surface area contributed by atoms with E-state index in [2.05, 4.69) is 12.2 Å². The van der Waals surface area contributed by atoms with Gasteiger partial charge in [0.1, 0.15) is 11.8 Å². The Kier molecular flexibility index (Phi) is 7.92. The summed E-state index contributed by atoms with van der Waals surface area (Å²) in [5, 5.41) is 2.54. The number of hydrogen-bond donors (Lipinski definition) is 1. The van der Waals surface area contributed by atoms with Crippen LogP contribution in [-0.2, 0) is 19.1 Å². The molecule has 0 aromatic rings. The van der Waals surface area contributed by atoms with Gasteiger partial charge in [0.2, 0.25) is 5.91 Å². The molecule has 0 aromatic heterocycles. The molecule has 1 aliphatic rings. The first kappa shape index (κ1) is 16.7. The zero-order valence-electron chi connectivity index (χ0n) is 12.3. The number of carbonyl (C=O) groups is 3. The monoisotopic (exact) mass is 283 g/mol. The fourth-order valence-electron chi connectivity index (χ4n) is 2.24. The van der Waals surface area contributed by atoms with Crippen LogP contribution in [0.3, 0.4) is 0 Å². The molecule has 0 radical (unpaired) electrons. The summed E-state index contributed by atoms with van der Waals surface area (Å²) in [6.45, 7) is 2.51. The molecule has 5 nitrogen and oxygen atoms in total. The molecular formula is C15H25NO4. The zero-order chi connectivity index (χ0) is 14.8. The first-order chi connectivity index (χ1) is 9.63. The van der Waals surface area contributed by atoms with Gasteiger partial charge in [-0.15, -0.1) is 0 Å². The third-order valence-corrected chi connectivity index (χ3v) is 3.44. The molecule has 1 saturated heterocycles. The minimum atomic E-state index is -0.565. The van der Waals surface area contributed by atoms with Gasteiger partial charge in [0, 0.05) is 12.8 Å². The summed E-state index contributed by atoms with van der Waals surface area (Å²) >= 11 is 0. The van der Waals surface area contributed by atoms with Crippen LogP contribution in [0.15, 0.2) is 0 Å². The van der Waals surface area contributed by atoms with Crippen molar-refractivity contribution in [3.05, 3.63) is 0 Å². The lowest BCUT2D eigenvalue weighted by Crippen LogP contribution is -2.38. The van der Waals surface area contributed by atoms with E-state index >= 15 is 0 Å². The molecule has 1 rings (SSSR count). The number of ketones is 1. The number of hydrogen-bond acceptors (Lipinski definition) is 4. The standard InChI is InChI=1S/C15H25NO4/c1-2-3-4-5-6-7-8-12(17)11-14(18)16-13-9-10-20-15(13)19/h13H,2-11H2,1H3,(H,16,18). The van der Waals surface area contributed by atoms with Crippen LogP contribution in [0.5, 0.6) is 0 Å². The summed E-state index contributed by atoms with van der Waals surface area (Å²) in [6.07, 6.45) is 7.54. The van der Waals surface area contributed by atoms with Crippen molar-refractivity contribution in [1.82, 2.24) is 5.32 Å². The summed E-state index contributed by atoms with van der Waals surface area (Å²) in [5.41, 5.74) is 0. The molecular weight excluding hydrogens is 258 g/mol. The number of rotatable bonds is 10. The SMILES string of the molecule is CCCCCCCCC(=O)CC(=O)NC1CCOC1=O. The quantitative estimate of drug-likeness (QED) is 0.379. The van der Waals surface area contributed by atoms with E-state index in [9.17, 15) is 14.4 Å². The van der Waals surface area contributed by atoms with Crippen LogP contribution in [0.2, 0.25) is 0 Å². The fourth-order valence-corrected chi connectivity index (χ4v) is 2.24. The molecule has 1 amide bonds. The van der Waals surface area contributed by atoms with Gasteiger partial charge in [-0.05, 0) is 6.42 Å². The van der Waals surface area contributed by atoms with Crippen molar-refractivity contribution >= 4 is 17.7 Å². The van der Waals surface area contributed by atoms with Crippen LogP contribution in [-0.4, -0.2) is 30.3 Å². The topological polar surface area (TPSA) is 72.5 Å². The van der Waals surface area contributed by atoms with Crippen LogP contribution in [0.1, 0.15) is 64.7 Å². The zero-order valence-corrected chi connectivity index (χ0v) is 12.3. The summed E-state index contributed by atoms with van der Waals surface area (Å²) < 4.78 is 4.74. The minimum Gasteiger partial charge on any atom is -0.464 e. The van der Waals surface area contributed by atoms with Crippen molar-refractivity contribution in [2.45, 2.75) is 70.8 Å². The molecule has 20 heavy (non-hydrogen) atoms. The van der Waals surface area contributed by atoms with Crippen LogP contribution in [0.25, 0.3) is 0 Å². The molecule has 0 bridgehead atoms. The molecule has 1 unspecified atom stereocenters. The first-order valence-electron chi connectivity index (χ1n) is 7.61. The predicted octanol–water partition coefficient (Wildman–Crippen LogP) is 2.13. The lowest BCUT2D eigenvalue weighted by atomic mass is 10.1. The number of amides is 1. The maximum atomic E-state index is 11.6. The second-order valence-electron chi connectivity index (χ2n) is 5.31. The summed E-state index contributed by atoms with van der Waals surface area (Å²) in [6, 6.07) is -0.565. The second kappa shape index (κ2) is 9.50. The molecule has 0 saturated carbocycles. The summed E-state index contributed by atoms with van der Waals surface area (Å²) in [5.74, 6) is -0.823. The second-order valence-corrected chi connectivity index (χ2v) is 5.31. The van der Waals surface area contributed by atoms with Crippen molar-refractivity contribution in [3.8, 4) is 0 Å². The minimum absolute atomic E-state index is 0.0515. The molecule has 5 heteroatoms. The van der Waals surface area contributed by atoms with Crippen LogP contribution in [0, 0.1) is 0 Å². The number of nitrogens with one attached hydrogen (secondary N) is 1. The third kappa shape index (κ3) is 6.68. The lowest BCUT2D eigenvalue weighted by molar-refractivity contribution is -0.142. The Morgan fingerprint density at radius 3 is 2.55 bits per heavy atom. The fraction of sp³-hybridized carbons (Fsp3) is 0.800. The predicted molar refractivity (Wildman–Crippen MR) is 75.1 cm³/mol. The highest BCUT2D eigenvalue weighted by Crippen LogP contribution is 2.09. The van der Waals surface area contributed by atoms with Gasteiger partial charge in [0.25, 0.3) is 0 Å². The maximum Gasteiger partial charge on any atom is 0.328 e. The Balaban J connectivity index is 2.06. The highest BCUT2D eigenvalue weighted by atomic mass is 16.5. The van der Waals surface area contributed by atoms with E-state index in [1.807, 2.05) is 0 Å². The number of esters is 1. The summed E-state index contributed by atoms with van der Waals surface area (Å²) in [4.78, 5) is 34.4. The molecule has 0 spiro atoms. The average Bonchev–Trinajstić information content (AvgIpc) is 2.79. The van der Waals surface area contributed by atoms with Gasteiger partial charge in [-0.25, -0.2) is 4.79 Å².